The second-order valence-corrected chi connectivity index (χ2v) is 7.44. The Morgan fingerprint density at radius 2 is 2.00 bits per heavy atom. The van der Waals surface area contributed by atoms with Crippen LogP contribution in [0.3, 0.4) is 0 Å². The minimum Gasteiger partial charge on any atom is -0.396 e. The van der Waals surface area contributed by atoms with E-state index in [1.165, 1.54) is 6.42 Å². The molecule has 3 N–H and O–H groups in total. The van der Waals surface area contributed by atoms with Gasteiger partial charge in [-0.3, -0.25) is 0 Å². The van der Waals surface area contributed by atoms with E-state index < -0.39 is 0 Å². The first-order valence-electron chi connectivity index (χ1n) is 7.75. The van der Waals surface area contributed by atoms with Gasteiger partial charge < -0.3 is 15.7 Å². The van der Waals surface area contributed by atoms with E-state index in [0.717, 1.165) is 18.0 Å². The second kappa shape index (κ2) is 5.58. The zero-order valence-electron chi connectivity index (χ0n) is 12.7. The molecule has 0 radical (unpaired) electrons. The van der Waals surface area contributed by atoms with Crippen LogP contribution in [0.5, 0.6) is 0 Å². The number of rotatable bonds is 3. The largest absolute Gasteiger partial charge is 0.396 e. The van der Waals surface area contributed by atoms with E-state index in [1.807, 2.05) is 30.3 Å². The maximum atomic E-state index is 9.67. The summed E-state index contributed by atoms with van der Waals surface area (Å²) in [6, 6.07) is 10.2. The minimum absolute atomic E-state index is 0.245. The Hall–Kier alpha value is -1.13. The van der Waals surface area contributed by atoms with Crippen LogP contribution < -0.4 is 10.6 Å². The van der Waals surface area contributed by atoms with Gasteiger partial charge in [-0.15, -0.1) is 0 Å². The molecule has 0 heterocycles. The predicted octanol–water partition coefficient (Wildman–Crippen LogP) is 3.02. The van der Waals surface area contributed by atoms with E-state index >= 15 is 0 Å². The fourth-order valence-corrected chi connectivity index (χ4v) is 4.41. The Morgan fingerprint density at radius 3 is 2.62 bits per heavy atom. The van der Waals surface area contributed by atoms with E-state index in [9.17, 15) is 5.11 Å². The molecule has 2 bridgehead atoms. The number of para-hydroxylation sites is 1. The summed E-state index contributed by atoms with van der Waals surface area (Å²) >= 11 is 5.46. The molecule has 4 heteroatoms. The number of hydrogen-bond acceptors (Lipinski definition) is 2. The molecule has 0 saturated heterocycles. The fourth-order valence-electron chi connectivity index (χ4n) is 4.15. The molecular formula is C17H24N2OS. The molecule has 1 aromatic carbocycles. The number of hydrogen-bond donors (Lipinski definition) is 3. The Labute approximate surface area is 132 Å². The van der Waals surface area contributed by atoms with E-state index in [0.29, 0.717) is 22.4 Å². The first-order chi connectivity index (χ1) is 10.0. The smallest absolute Gasteiger partial charge is 0.171 e. The van der Waals surface area contributed by atoms with E-state index in [-0.39, 0.29) is 12.6 Å². The lowest BCUT2D eigenvalue weighted by Crippen LogP contribution is -2.64. The van der Waals surface area contributed by atoms with Crippen molar-refractivity contribution >= 4 is 23.0 Å². The van der Waals surface area contributed by atoms with Crippen LogP contribution in [-0.4, -0.2) is 22.9 Å². The summed E-state index contributed by atoms with van der Waals surface area (Å²) in [6.07, 6.45) is 2.36. The van der Waals surface area contributed by atoms with Crippen molar-refractivity contribution in [2.75, 3.05) is 11.9 Å². The van der Waals surface area contributed by atoms with Gasteiger partial charge in [0, 0.05) is 24.3 Å². The van der Waals surface area contributed by atoms with Crippen molar-refractivity contribution in [3.8, 4) is 0 Å². The molecule has 0 spiro atoms. The summed E-state index contributed by atoms with van der Waals surface area (Å²) in [6.45, 7) is 4.94. The molecule has 3 saturated carbocycles. The Kier molecular flexibility index (Phi) is 3.93. The van der Waals surface area contributed by atoms with Gasteiger partial charge in [0.25, 0.3) is 0 Å². The van der Waals surface area contributed by atoms with Gasteiger partial charge in [0.05, 0.1) is 0 Å². The monoisotopic (exact) mass is 304 g/mol. The third-order valence-electron chi connectivity index (χ3n) is 5.64. The Bertz CT molecular complexity index is 517. The fraction of sp³-hybridized carbons (Fsp3) is 0.588. The molecule has 3 aliphatic carbocycles. The number of aliphatic hydroxyl groups is 1. The molecule has 0 amide bonds. The Morgan fingerprint density at radius 1 is 1.29 bits per heavy atom. The van der Waals surface area contributed by atoms with Crippen LogP contribution in [0.1, 0.15) is 26.7 Å². The van der Waals surface area contributed by atoms with Crippen molar-refractivity contribution in [3.63, 3.8) is 0 Å². The first-order valence-corrected chi connectivity index (χ1v) is 8.16. The van der Waals surface area contributed by atoms with E-state index in [1.54, 1.807) is 0 Å². The molecule has 3 fully saturated rings. The lowest BCUT2D eigenvalue weighted by molar-refractivity contribution is -0.118. The molecule has 21 heavy (non-hydrogen) atoms. The normalized spacial score (nSPS) is 32.9. The topological polar surface area (TPSA) is 44.3 Å². The standard InChI is InChI=1S/C17H24N2OS/c1-17(2)12-8-11(10-20)15(14(17)9-12)19-16(21)18-13-6-4-3-5-7-13/h3-7,11-12,14-15,20H,8-10H2,1-2H3,(H2,18,19,21)/t11-,12-,14-,15-/m1/s1. The van der Waals surface area contributed by atoms with Crippen LogP contribution in [0.15, 0.2) is 30.3 Å². The lowest BCUT2D eigenvalue weighted by Gasteiger charge is -2.62. The number of thiocarbonyl (C=S) groups is 1. The number of anilines is 1. The lowest BCUT2D eigenvalue weighted by atomic mass is 9.45. The quantitative estimate of drug-likeness (QED) is 0.751. The maximum absolute atomic E-state index is 9.67. The second-order valence-electron chi connectivity index (χ2n) is 7.03. The van der Waals surface area contributed by atoms with Crippen molar-refractivity contribution in [1.29, 1.82) is 0 Å². The van der Waals surface area contributed by atoms with Crippen molar-refractivity contribution in [2.45, 2.75) is 32.7 Å². The van der Waals surface area contributed by atoms with Crippen molar-refractivity contribution in [2.24, 2.45) is 23.2 Å². The van der Waals surface area contributed by atoms with Crippen molar-refractivity contribution in [3.05, 3.63) is 30.3 Å². The van der Waals surface area contributed by atoms with Crippen LogP contribution in [0.25, 0.3) is 0 Å². The summed E-state index contributed by atoms with van der Waals surface area (Å²) < 4.78 is 0. The van der Waals surface area contributed by atoms with Crippen LogP contribution in [-0.2, 0) is 0 Å². The molecule has 4 rings (SSSR count). The Balaban J connectivity index is 1.66. The van der Waals surface area contributed by atoms with Crippen LogP contribution in [0.4, 0.5) is 5.69 Å². The highest BCUT2D eigenvalue weighted by molar-refractivity contribution is 7.80. The molecule has 0 unspecified atom stereocenters. The van der Waals surface area contributed by atoms with Crippen LogP contribution in [0.2, 0.25) is 0 Å². The zero-order valence-corrected chi connectivity index (χ0v) is 13.5. The van der Waals surface area contributed by atoms with Crippen molar-refractivity contribution < 1.29 is 5.11 Å². The van der Waals surface area contributed by atoms with Gasteiger partial charge in [0.1, 0.15) is 0 Å². The summed E-state index contributed by atoms with van der Waals surface area (Å²) in [5.74, 6) is 1.68. The molecule has 0 aliphatic heterocycles. The van der Waals surface area contributed by atoms with Crippen LogP contribution in [0, 0.1) is 23.2 Å². The molecule has 114 valence electrons. The third-order valence-corrected chi connectivity index (χ3v) is 5.86. The number of nitrogens with one attached hydrogen (secondary N) is 2. The van der Waals surface area contributed by atoms with Gasteiger partial charge in [-0.2, -0.15) is 0 Å². The van der Waals surface area contributed by atoms with Gasteiger partial charge in [0.2, 0.25) is 0 Å². The van der Waals surface area contributed by atoms with Gasteiger partial charge in [-0.1, -0.05) is 32.0 Å². The van der Waals surface area contributed by atoms with Gasteiger partial charge in [-0.05, 0) is 54.4 Å². The first kappa shape index (κ1) is 14.8. The summed E-state index contributed by atoms with van der Waals surface area (Å²) in [5, 5.41) is 17.0. The molecular weight excluding hydrogens is 280 g/mol. The molecule has 3 nitrogen and oxygen atoms in total. The summed E-state index contributed by atoms with van der Waals surface area (Å²) in [5.41, 5.74) is 1.36. The molecule has 3 aliphatic rings. The minimum atomic E-state index is 0.245. The molecule has 4 atom stereocenters. The van der Waals surface area contributed by atoms with Gasteiger partial charge >= 0.3 is 0 Å². The number of benzene rings is 1. The predicted molar refractivity (Wildman–Crippen MR) is 90.2 cm³/mol. The van der Waals surface area contributed by atoms with E-state index in [4.69, 9.17) is 12.2 Å². The number of aliphatic hydroxyl groups excluding tert-OH is 1. The third kappa shape index (κ3) is 2.67. The summed E-state index contributed by atoms with van der Waals surface area (Å²) in [4.78, 5) is 0. The SMILES string of the molecule is CC1(C)[C@@H]2C[C@H](CO)[C@@H](NC(=S)Nc3ccccc3)[C@H]1C2. The van der Waals surface area contributed by atoms with Gasteiger partial charge in [0.15, 0.2) is 5.11 Å². The average molecular weight is 304 g/mol. The number of fused-ring (bicyclic) bond motifs is 2. The van der Waals surface area contributed by atoms with E-state index in [2.05, 4.69) is 24.5 Å². The van der Waals surface area contributed by atoms with Gasteiger partial charge in [-0.25, -0.2) is 0 Å². The highest BCUT2D eigenvalue weighted by atomic mass is 32.1. The molecule has 0 aromatic heterocycles. The highest BCUT2D eigenvalue weighted by Crippen LogP contribution is 2.60. The highest BCUT2D eigenvalue weighted by Gasteiger charge is 2.57. The molecule has 1 aromatic rings. The zero-order chi connectivity index (χ0) is 15.0. The maximum Gasteiger partial charge on any atom is 0.171 e. The van der Waals surface area contributed by atoms with Crippen LogP contribution >= 0.6 is 12.2 Å². The average Bonchev–Trinajstić information content (AvgIpc) is 2.47. The summed E-state index contributed by atoms with van der Waals surface area (Å²) in [7, 11) is 0. The van der Waals surface area contributed by atoms with Crippen molar-refractivity contribution in [1.82, 2.24) is 5.32 Å².